The van der Waals surface area contributed by atoms with Gasteiger partial charge in [-0.1, -0.05) is 13.8 Å². The zero-order chi connectivity index (χ0) is 20.8. The Kier molecular flexibility index (Phi) is 4.23. The van der Waals surface area contributed by atoms with Gasteiger partial charge in [0.2, 0.25) is 5.88 Å². The highest BCUT2D eigenvalue weighted by atomic mass is 16.5. The van der Waals surface area contributed by atoms with Crippen LogP contribution in [-0.2, 0) is 6.42 Å². The van der Waals surface area contributed by atoms with Crippen molar-refractivity contribution < 1.29 is 9.53 Å². The van der Waals surface area contributed by atoms with E-state index in [1.807, 2.05) is 24.3 Å². The molecule has 30 heavy (non-hydrogen) atoms. The lowest BCUT2D eigenvalue weighted by Crippen LogP contribution is -2.30. The van der Waals surface area contributed by atoms with Gasteiger partial charge < -0.3 is 4.74 Å². The van der Waals surface area contributed by atoms with Crippen molar-refractivity contribution in [2.24, 2.45) is 5.92 Å². The number of methoxy groups -OCH3 is 1. The molecule has 0 aliphatic carbocycles. The van der Waals surface area contributed by atoms with Gasteiger partial charge in [0.05, 0.1) is 30.7 Å². The molecule has 0 bridgehead atoms. The van der Waals surface area contributed by atoms with Crippen molar-refractivity contribution >= 4 is 17.2 Å². The number of fused-ring (bicyclic) bond motifs is 2. The number of rotatable bonds is 5. The Bertz CT molecular complexity index is 1240. The minimum absolute atomic E-state index is 0.150. The Balaban J connectivity index is 1.72. The first-order chi connectivity index (χ1) is 14.6. The van der Waals surface area contributed by atoms with Crippen LogP contribution < -0.4 is 9.64 Å². The summed E-state index contributed by atoms with van der Waals surface area (Å²) in [7, 11) is 1.58. The highest BCUT2D eigenvalue weighted by molar-refractivity contribution is 6.10. The predicted molar refractivity (Wildman–Crippen MR) is 110 cm³/mol. The summed E-state index contributed by atoms with van der Waals surface area (Å²) in [6, 6.07) is 7.09. The van der Waals surface area contributed by atoms with E-state index in [-0.39, 0.29) is 5.91 Å². The lowest BCUT2D eigenvalue weighted by molar-refractivity contribution is 0.0988. The normalized spacial score (nSPS) is 15.9. The van der Waals surface area contributed by atoms with Crippen molar-refractivity contribution in [3.05, 3.63) is 65.5 Å². The van der Waals surface area contributed by atoms with Gasteiger partial charge in [-0.25, -0.2) is 14.5 Å². The number of pyridine rings is 2. The summed E-state index contributed by atoms with van der Waals surface area (Å²) in [5.74, 6) is 0.721. The number of carbonyl (C=O) groups is 1. The molecule has 9 heteroatoms. The van der Waals surface area contributed by atoms with E-state index in [0.717, 1.165) is 23.2 Å². The number of ether oxygens (including phenoxy) is 1. The third-order valence-electron chi connectivity index (χ3n) is 5.27. The Morgan fingerprint density at radius 2 is 2.10 bits per heavy atom. The molecule has 1 atom stereocenters. The molecule has 5 heterocycles. The molecule has 4 aromatic heterocycles. The number of aromatic amines is 1. The molecular formula is C21H21N7O2. The van der Waals surface area contributed by atoms with Crippen LogP contribution in [0.25, 0.3) is 5.65 Å². The summed E-state index contributed by atoms with van der Waals surface area (Å²) in [5.41, 5.74) is 4.47. The summed E-state index contributed by atoms with van der Waals surface area (Å²) >= 11 is 0. The first-order valence-electron chi connectivity index (χ1n) is 9.77. The lowest BCUT2D eigenvalue weighted by atomic mass is 9.96. The number of nitrogens with zero attached hydrogens (tertiary/aromatic N) is 6. The summed E-state index contributed by atoms with van der Waals surface area (Å²) < 4.78 is 7.19. The number of nitrogens with one attached hydrogen (secondary N) is 1. The van der Waals surface area contributed by atoms with Crippen molar-refractivity contribution in [2.45, 2.75) is 26.3 Å². The molecule has 0 saturated carbocycles. The summed E-state index contributed by atoms with van der Waals surface area (Å²) in [5, 5.41) is 11.7. The molecule has 152 valence electrons. The van der Waals surface area contributed by atoms with Crippen LogP contribution in [0.5, 0.6) is 5.88 Å². The van der Waals surface area contributed by atoms with E-state index < -0.39 is 6.04 Å². The molecule has 0 aromatic carbocycles. The molecule has 9 nitrogen and oxygen atoms in total. The molecule has 1 amide bonds. The molecule has 4 aromatic rings. The van der Waals surface area contributed by atoms with Crippen LogP contribution in [0.4, 0.5) is 5.69 Å². The van der Waals surface area contributed by atoms with Gasteiger partial charge >= 0.3 is 0 Å². The monoisotopic (exact) mass is 403 g/mol. The third kappa shape index (κ3) is 2.73. The van der Waals surface area contributed by atoms with E-state index in [2.05, 4.69) is 39.1 Å². The van der Waals surface area contributed by atoms with Crippen LogP contribution in [0.1, 0.15) is 47.2 Å². The molecule has 0 radical (unpaired) electrons. The maximum absolute atomic E-state index is 13.5. The number of carbonyl (C=O) groups excluding carboxylic acids is 1. The molecule has 0 saturated heterocycles. The highest BCUT2D eigenvalue weighted by Gasteiger charge is 2.44. The van der Waals surface area contributed by atoms with E-state index in [1.54, 1.807) is 28.9 Å². The number of amides is 1. The number of hydrogen-bond acceptors (Lipinski definition) is 6. The summed E-state index contributed by atoms with van der Waals surface area (Å²) in [6.07, 6.45) is 5.72. The van der Waals surface area contributed by atoms with Crippen molar-refractivity contribution in [2.75, 3.05) is 12.0 Å². The standard InChI is InChI=1S/C21H21N7O2/c1-12(2)9-15-17-18(26-25-15)21(29)28(13-6-7-16-23-11-24-27(16)10-13)19(17)14-5-4-8-22-20(14)30-3/h4-8,10-12,19H,9H2,1-3H3,(H,25,26). The van der Waals surface area contributed by atoms with Gasteiger partial charge in [0.1, 0.15) is 12.0 Å². The smallest absolute Gasteiger partial charge is 0.277 e. The van der Waals surface area contributed by atoms with Gasteiger partial charge in [-0.2, -0.15) is 10.2 Å². The molecule has 5 rings (SSSR count). The zero-order valence-electron chi connectivity index (χ0n) is 16.9. The quantitative estimate of drug-likeness (QED) is 0.550. The molecule has 0 fully saturated rings. The van der Waals surface area contributed by atoms with E-state index in [4.69, 9.17) is 4.74 Å². The summed E-state index contributed by atoms with van der Waals surface area (Å²) in [4.78, 5) is 23.8. The number of anilines is 1. The molecule has 1 aliphatic heterocycles. The summed E-state index contributed by atoms with van der Waals surface area (Å²) in [6.45, 7) is 4.27. The second kappa shape index (κ2) is 6.94. The fourth-order valence-electron chi connectivity index (χ4n) is 4.05. The Morgan fingerprint density at radius 1 is 1.23 bits per heavy atom. The van der Waals surface area contributed by atoms with Crippen molar-refractivity contribution in [3.8, 4) is 5.88 Å². The third-order valence-corrected chi connectivity index (χ3v) is 5.27. The van der Waals surface area contributed by atoms with Gasteiger partial charge in [-0.15, -0.1) is 0 Å². The second-order valence-electron chi connectivity index (χ2n) is 7.69. The predicted octanol–water partition coefficient (Wildman–Crippen LogP) is 2.80. The maximum Gasteiger partial charge on any atom is 0.277 e. The van der Waals surface area contributed by atoms with Gasteiger partial charge in [-0.05, 0) is 36.6 Å². The molecular weight excluding hydrogens is 382 g/mol. The number of hydrogen-bond donors (Lipinski definition) is 1. The van der Waals surface area contributed by atoms with Crippen molar-refractivity contribution in [1.82, 2.24) is 29.8 Å². The fraction of sp³-hybridized carbons (Fsp3) is 0.286. The van der Waals surface area contributed by atoms with Crippen molar-refractivity contribution in [3.63, 3.8) is 0 Å². The minimum atomic E-state index is -0.412. The largest absolute Gasteiger partial charge is 0.481 e. The van der Waals surface area contributed by atoms with Crippen LogP contribution in [0.3, 0.4) is 0 Å². The first kappa shape index (κ1) is 18.3. The fourth-order valence-corrected chi connectivity index (χ4v) is 4.05. The Labute approximate surface area is 172 Å². The van der Waals surface area contributed by atoms with Crippen LogP contribution in [0.15, 0.2) is 43.0 Å². The lowest BCUT2D eigenvalue weighted by Gasteiger charge is -2.27. The average Bonchev–Trinajstić information content (AvgIpc) is 3.43. The van der Waals surface area contributed by atoms with Gasteiger partial charge in [0.25, 0.3) is 5.91 Å². The average molecular weight is 403 g/mol. The molecule has 1 N–H and O–H groups in total. The van der Waals surface area contributed by atoms with Crippen LogP contribution in [0, 0.1) is 5.92 Å². The van der Waals surface area contributed by atoms with Crippen LogP contribution in [0.2, 0.25) is 0 Å². The SMILES string of the molecule is COc1ncccc1C1c2c(CC(C)C)n[nH]c2C(=O)N1c1ccc2ncnn2c1. The highest BCUT2D eigenvalue weighted by Crippen LogP contribution is 2.44. The molecule has 1 aliphatic rings. The van der Waals surface area contributed by atoms with E-state index in [1.165, 1.54) is 6.33 Å². The molecule has 1 unspecified atom stereocenters. The Morgan fingerprint density at radius 3 is 2.90 bits per heavy atom. The van der Waals surface area contributed by atoms with E-state index >= 15 is 0 Å². The van der Waals surface area contributed by atoms with Crippen LogP contribution >= 0.6 is 0 Å². The van der Waals surface area contributed by atoms with E-state index in [0.29, 0.717) is 28.8 Å². The van der Waals surface area contributed by atoms with Crippen molar-refractivity contribution in [1.29, 1.82) is 0 Å². The second-order valence-corrected chi connectivity index (χ2v) is 7.69. The number of H-pyrrole nitrogens is 1. The van der Waals surface area contributed by atoms with Gasteiger partial charge in [0.15, 0.2) is 5.65 Å². The molecule has 0 spiro atoms. The minimum Gasteiger partial charge on any atom is -0.481 e. The van der Waals surface area contributed by atoms with Gasteiger partial charge in [-0.3, -0.25) is 14.8 Å². The first-order valence-corrected chi connectivity index (χ1v) is 9.77. The van der Waals surface area contributed by atoms with Crippen LogP contribution in [-0.4, -0.2) is 42.8 Å². The maximum atomic E-state index is 13.5. The van der Waals surface area contributed by atoms with E-state index in [9.17, 15) is 4.79 Å². The topological polar surface area (TPSA) is 101 Å². The Hall–Kier alpha value is -3.75. The van der Waals surface area contributed by atoms with Gasteiger partial charge in [0, 0.05) is 17.3 Å². The zero-order valence-corrected chi connectivity index (χ0v) is 16.9. The number of aromatic nitrogens is 6.